The Balaban J connectivity index is 1.04. The SMILES string of the molecule is CC1C2Oc3ccc(C(F)(F)F)cc3CN2C(=O)[C@]12CC[C@@H](N1CCC(c3ccc4o[nH]c(=O)c4c3)CC1)C2. The van der Waals surface area contributed by atoms with Crippen molar-refractivity contribution in [1.29, 1.82) is 0 Å². The largest absolute Gasteiger partial charge is 0.470 e. The number of nitrogens with one attached hydrogen (secondary N) is 1. The van der Waals surface area contributed by atoms with E-state index in [2.05, 4.69) is 17.0 Å². The van der Waals surface area contributed by atoms with Gasteiger partial charge in [0.2, 0.25) is 5.91 Å². The van der Waals surface area contributed by atoms with E-state index in [0.29, 0.717) is 28.2 Å². The number of ether oxygens (including phenoxy) is 1. The zero-order chi connectivity index (χ0) is 27.1. The third-order valence-electron chi connectivity index (χ3n) is 9.81. The summed E-state index contributed by atoms with van der Waals surface area (Å²) in [5, 5.41) is 2.97. The van der Waals surface area contributed by atoms with Crippen molar-refractivity contribution in [2.45, 2.75) is 69.9 Å². The molecule has 39 heavy (non-hydrogen) atoms. The van der Waals surface area contributed by atoms with Gasteiger partial charge in [-0.15, -0.1) is 0 Å². The van der Waals surface area contributed by atoms with Gasteiger partial charge < -0.3 is 19.1 Å². The normalized spacial score (nSPS) is 29.7. The number of halogens is 3. The summed E-state index contributed by atoms with van der Waals surface area (Å²) in [5.41, 5.74) is 0.647. The number of H-pyrrole nitrogens is 1. The van der Waals surface area contributed by atoms with Crippen molar-refractivity contribution in [2.24, 2.45) is 11.3 Å². The fourth-order valence-electron chi connectivity index (χ4n) is 7.57. The van der Waals surface area contributed by atoms with Crippen LogP contribution in [-0.2, 0) is 17.5 Å². The Kier molecular flexibility index (Phi) is 5.47. The number of nitrogens with zero attached hydrogens (tertiary/aromatic N) is 2. The molecule has 7 rings (SSSR count). The van der Waals surface area contributed by atoms with Crippen molar-refractivity contribution >= 4 is 16.9 Å². The molecule has 1 aromatic heterocycles. The number of rotatable bonds is 2. The first-order valence-electron chi connectivity index (χ1n) is 13.7. The molecule has 2 aromatic carbocycles. The van der Waals surface area contributed by atoms with Crippen molar-refractivity contribution in [3.63, 3.8) is 0 Å². The summed E-state index contributed by atoms with van der Waals surface area (Å²) >= 11 is 0. The number of benzene rings is 2. The van der Waals surface area contributed by atoms with Gasteiger partial charge in [-0.2, -0.15) is 18.3 Å². The van der Waals surface area contributed by atoms with E-state index in [0.717, 1.165) is 62.9 Å². The van der Waals surface area contributed by atoms with Crippen LogP contribution < -0.4 is 10.3 Å². The van der Waals surface area contributed by atoms with E-state index in [9.17, 15) is 22.8 Å². The summed E-state index contributed by atoms with van der Waals surface area (Å²) in [5.74, 6) is 0.764. The minimum absolute atomic E-state index is 0.0130. The molecule has 2 unspecified atom stereocenters. The van der Waals surface area contributed by atoms with Crippen LogP contribution in [0.5, 0.6) is 5.75 Å². The number of amides is 1. The fraction of sp³-hybridized carbons (Fsp3) is 0.517. The molecule has 3 aliphatic heterocycles. The predicted molar refractivity (Wildman–Crippen MR) is 136 cm³/mol. The van der Waals surface area contributed by atoms with Crippen molar-refractivity contribution in [3.05, 3.63) is 63.4 Å². The fourth-order valence-corrected chi connectivity index (χ4v) is 7.57. The molecule has 4 aliphatic rings. The van der Waals surface area contributed by atoms with Crippen LogP contribution in [0.2, 0.25) is 0 Å². The zero-order valence-electron chi connectivity index (χ0n) is 21.6. The van der Waals surface area contributed by atoms with Crippen molar-refractivity contribution < 1.29 is 27.2 Å². The lowest BCUT2D eigenvalue weighted by atomic mass is 9.76. The highest BCUT2D eigenvalue weighted by atomic mass is 19.4. The summed E-state index contributed by atoms with van der Waals surface area (Å²) in [6.45, 7) is 4.04. The lowest BCUT2D eigenvalue weighted by molar-refractivity contribution is -0.140. The highest BCUT2D eigenvalue weighted by molar-refractivity contribution is 5.86. The maximum absolute atomic E-state index is 13.8. The molecule has 4 atom stereocenters. The Bertz CT molecular complexity index is 1510. The number of aromatic amines is 1. The Morgan fingerprint density at radius 2 is 1.85 bits per heavy atom. The highest BCUT2D eigenvalue weighted by Crippen LogP contribution is 2.55. The molecule has 7 nitrogen and oxygen atoms in total. The van der Waals surface area contributed by atoms with Gasteiger partial charge in [0.1, 0.15) is 5.75 Å². The van der Waals surface area contributed by atoms with Crippen LogP contribution >= 0.6 is 0 Å². The van der Waals surface area contributed by atoms with Gasteiger partial charge in [-0.25, -0.2) is 0 Å². The van der Waals surface area contributed by atoms with Crippen LogP contribution in [0, 0.1) is 11.3 Å². The van der Waals surface area contributed by atoms with Crippen LogP contribution in [0.3, 0.4) is 0 Å². The van der Waals surface area contributed by atoms with Gasteiger partial charge in [0.05, 0.1) is 22.9 Å². The first-order chi connectivity index (χ1) is 18.6. The third-order valence-corrected chi connectivity index (χ3v) is 9.81. The van der Waals surface area contributed by atoms with Crippen molar-refractivity contribution in [2.75, 3.05) is 13.1 Å². The third kappa shape index (κ3) is 3.82. The molecular formula is C29H30F3N3O4. The topological polar surface area (TPSA) is 78.8 Å². The molecule has 2 saturated heterocycles. The van der Waals surface area contributed by atoms with E-state index >= 15 is 0 Å². The van der Waals surface area contributed by atoms with Gasteiger partial charge in [0, 0.05) is 17.5 Å². The van der Waals surface area contributed by atoms with Gasteiger partial charge in [0.15, 0.2) is 11.8 Å². The van der Waals surface area contributed by atoms with Gasteiger partial charge in [-0.05, 0) is 87.0 Å². The lowest BCUT2D eigenvalue weighted by Gasteiger charge is -2.37. The Morgan fingerprint density at radius 1 is 1.05 bits per heavy atom. The molecule has 1 aliphatic carbocycles. The van der Waals surface area contributed by atoms with Crippen molar-refractivity contribution in [1.82, 2.24) is 15.0 Å². The molecule has 1 saturated carbocycles. The van der Waals surface area contributed by atoms with Gasteiger partial charge in [-0.3, -0.25) is 9.59 Å². The first-order valence-corrected chi connectivity index (χ1v) is 13.7. The van der Waals surface area contributed by atoms with E-state index in [1.54, 1.807) is 4.90 Å². The average Bonchev–Trinajstić information content (AvgIpc) is 3.60. The first kappa shape index (κ1) is 24.7. The summed E-state index contributed by atoms with van der Waals surface area (Å²) in [7, 11) is 0. The number of hydrogen-bond acceptors (Lipinski definition) is 5. The van der Waals surface area contributed by atoms with E-state index in [-0.39, 0.29) is 30.0 Å². The quantitative estimate of drug-likeness (QED) is 0.479. The number of likely N-dealkylation sites (tertiary alicyclic amines) is 1. The van der Waals surface area contributed by atoms with Crippen LogP contribution in [0.15, 0.2) is 45.7 Å². The molecule has 206 valence electrons. The molecule has 4 heterocycles. The second-order valence-corrected chi connectivity index (χ2v) is 11.7. The Hall–Kier alpha value is -3.27. The molecule has 1 amide bonds. The van der Waals surface area contributed by atoms with Crippen molar-refractivity contribution in [3.8, 4) is 5.75 Å². The second-order valence-electron chi connectivity index (χ2n) is 11.7. The number of hydrogen-bond donors (Lipinski definition) is 1. The Labute approximate surface area is 222 Å². The molecule has 1 N–H and O–H groups in total. The number of carbonyl (C=O) groups excluding carboxylic acids is 1. The monoisotopic (exact) mass is 541 g/mol. The van der Waals surface area contributed by atoms with Crippen LogP contribution in [0.1, 0.15) is 61.6 Å². The molecular weight excluding hydrogens is 511 g/mol. The molecule has 3 fully saturated rings. The summed E-state index contributed by atoms with van der Waals surface area (Å²) in [6, 6.07) is 9.66. The summed E-state index contributed by atoms with van der Waals surface area (Å²) in [4.78, 5) is 30.0. The summed E-state index contributed by atoms with van der Waals surface area (Å²) < 4.78 is 51.1. The average molecular weight is 542 g/mol. The highest BCUT2D eigenvalue weighted by Gasteiger charge is 2.62. The number of alkyl halides is 3. The smallest absolute Gasteiger partial charge is 0.416 e. The maximum Gasteiger partial charge on any atom is 0.416 e. The number of carbonyl (C=O) groups is 1. The van der Waals surface area contributed by atoms with E-state index in [1.807, 2.05) is 18.2 Å². The van der Waals surface area contributed by atoms with Crippen LogP contribution in [0.4, 0.5) is 13.2 Å². The van der Waals surface area contributed by atoms with E-state index in [4.69, 9.17) is 9.26 Å². The minimum Gasteiger partial charge on any atom is -0.470 e. The zero-order valence-corrected chi connectivity index (χ0v) is 21.6. The Morgan fingerprint density at radius 3 is 2.62 bits per heavy atom. The summed E-state index contributed by atoms with van der Waals surface area (Å²) in [6.07, 6.45) is -0.515. The second kappa shape index (κ2) is 8.61. The van der Waals surface area contributed by atoms with Gasteiger partial charge >= 0.3 is 6.18 Å². The number of piperidine rings is 1. The van der Waals surface area contributed by atoms with E-state index < -0.39 is 23.4 Å². The molecule has 1 spiro atoms. The predicted octanol–water partition coefficient (Wildman–Crippen LogP) is 5.26. The molecule has 0 radical (unpaired) electrons. The molecule has 0 bridgehead atoms. The maximum atomic E-state index is 13.8. The molecule has 10 heteroatoms. The standard InChI is InChI=1S/C29H30F3N3O4/c1-16-26-35(15-19-12-20(29(30,31)32)3-5-23(19)38-26)27(37)28(16)9-6-21(14-28)34-10-7-17(8-11-34)18-2-4-24-22(13-18)25(36)33-39-24/h2-5,12-13,16-17,21,26H,6-11,14-15H2,1H3,(H,33,36)/t16?,21-,26?,28+/m1/s1. The minimum atomic E-state index is -4.44. The van der Waals surface area contributed by atoms with Crippen LogP contribution in [0.25, 0.3) is 11.0 Å². The number of fused-ring (bicyclic) bond motifs is 3. The number of aromatic nitrogens is 1. The molecule has 3 aromatic rings. The lowest BCUT2D eigenvalue weighted by Crippen LogP contribution is -2.42. The van der Waals surface area contributed by atoms with Gasteiger partial charge in [0.25, 0.3) is 5.56 Å². The van der Waals surface area contributed by atoms with E-state index in [1.165, 1.54) is 6.07 Å². The van der Waals surface area contributed by atoms with Gasteiger partial charge in [-0.1, -0.05) is 13.0 Å². The van der Waals surface area contributed by atoms with Crippen LogP contribution in [-0.4, -0.2) is 46.2 Å².